The second-order valence-electron chi connectivity index (χ2n) is 12.1. The molecule has 1 aliphatic rings. The lowest BCUT2D eigenvalue weighted by Gasteiger charge is -2.16. The van der Waals surface area contributed by atoms with Gasteiger partial charge >= 0.3 is 16.8 Å². The number of aromatic nitrogens is 5. The number of nitrogens with one attached hydrogen (secondary N) is 1. The van der Waals surface area contributed by atoms with E-state index in [0.29, 0.717) is 44.5 Å². The van der Waals surface area contributed by atoms with E-state index in [1.165, 1.54) is 24.9 Å². The number of nitrogens with two attached hydrogens (primary N) is 1. The molecule has 0 aliphatic carbocycles. The maximum absolute atomic E-state index is 14.3. The van der Waals surface area contributed by atoms with E-state index < -0.39 is 38.2 Å². The third kappa shape index (κ3) is 17.5. The maximum atomic E-state index is 14.3. The normalized spacial score (nSPS) is 13.6. The van der Waals surface area contributed by atoms with Crippen molar-refractivity contribution >= 4 is 82.6 Å². The summed E-state index contributed by atoms with van der Waals surface area (Å²) in [7, 11) is -2.41. The zero-order chi connectivity index (χ0) is 40.7. The van der Waals surface area contributed by atoms with Crippen molar-refractivity contribution in [3.8, 4) is 0 Å². The van der Waals surface area contributed by atoms with E-state index in [0.717, 1.165) is 46.7 Å². The minimum atomic E-state index is -4.35. The Kier molecular flexibility index (Phi) is 20.6. The number of benzene rings is 1. The number of nitrogens with zero attached hydrogens (tertiary/aromatic N) is 6. The van der Waals surface area contributed by atoms with Gasteiger partial charge < -0.3 is 30.0 Å². The molecule has 0 spiro atoms. The van der Waals surface area contributed by atoms with Crippen LogP contribution in [0.15, 0.2) is 36.8 Å². The van der Waals surface area contributed by atoms with Gasteiger partial charge in [-0.2, -0.15) is 4.68 Å². The third-order valence-electron chi connectivity index (χ3n) is 6.03. The van der Waals surface area contributed by atoms with Crippen LogP contribution in [0.25, 0.3) is 0 Å². The highest BCUT2D eigenvalue weighted by atomic mass is 35.5. The van der Waals surface area contributed by atoms with Crippen LogP contribution in [0.4, 0.5) is 10.1 Å². The standard InChI is InChI=1S/C15H15ClFN3O3S2.C8H14N4OS.C3H8NO5P.C3H9S/c1-23-13(21)8-24-12-7-11(10(17)6-9(12)16)18-14-19-4-2-3-5-20(19)15(22)25-14;1-8(2,3)5-6(13)12(9)7(14-4)11-10-5;5-3(6)1-4-2-10(7,8)9;1-4(2)3/h6-7H,2-5,8H2,1H3;9H2,1-4H3;4H,1-2H2,(H,5,6)(H2,7,8,9);1-3H3/q;;;+1/p-1. The number of carboxylic acids is 1. The van der Waals surface area contributed by atoms with Gasteiger partial charge in [0.1, 0.15) is 24.8 Å². The Labute approximate surface area is 326 Å². The highest BCUT2D eigenvalue weighted by Gasteiger charge is 2.22. The molecular weight excluding hydrogens is 818 g/mol. The number of nitrogen functional groups attached to an aromatic ring is 1. The van der Waals surface area contributed by atoms with Crippen molar-refractivity contribution in [2.24, 2.45) is 4.99 Å². The zero-order valence-electron chi connectivity index (χ0n) is 30.5. The first-order valence-electron chi connectivity index (χ1n) is 15.3. The van der Waals surface area contributed by atoms with Gasteiger partial charge in [-0.05, 0) is 53.5 Å². The highest BCUT2D eigenvalue weighted by Crippen LogP contribution is 2.33. The molecule has 1 atom stereocenters. The fourth-order valence-electron chi connectivity index (χ4n) is 3.73. The number of halogens is 2. The number of carboxylic acid groups (broad SMARTS) is 1. The molecule has 3 heterocycles. The van der Waals surface area contributed by atoms with Gasteiger partial charge in [-0.25, -0.2) is 14.1 Å². The fraction of sp³-hybridized carbons (Fsp3) is 0.552. The number of ether oxygens (including phenoxy) is 1. The molecule has 1 unspecified atom stereocenters. The number of carbonyl (C=O) groups excluding carboxylic acids is 1. The lowest BCUT2D eigenvalue weighted by molar-refractivity contribution is -0.193. The van der Waals surface area contributed by atoms with Crippen LogP contribution in [0, 0.1) is 5.82 Å². The molecule has 1 aromatic carbocycles. The molecule has 298 valence electrons. The monoisotopic (exact) mass is 862 g/mol. The molecule has 0 radical (unpaired) electrons. The molecule has 0 amide bonds. The second kappa shape index (κ2) is 22.6. The Balaban J connectivity index is 0.000000422. The molecule has 0 fully saturated rings. The number of carbonyl (C=O) groups is 2. The summed E-state index contributed by atoms with van der Waals surface area (Å²) in [6, 6.07) is 2.64. The van der Waals surface area contributed by atoms with Crippen LogP contribution in [-0.2, 0) is 48.3 Å². The number of hydrogen-bond acceptors (Lipinski definition) is 15. The van der Waals surface area contributed by atoms with Crippen LogP contribution in [0.3, 0.4) is 0 Å². The van der Waals surface area contributed by atoms with E-state index >= 15 is 0 Å². The predicted octanol–water partition coefficient (Wildman–Crippen LogP) is 1.82. The van der Waals surface area contributed by atoms with E-state index in [4.69, 9.17) is 27.4 Å². The molecule has 17 nitrogen and oxygen atoms in total. The van der Waals surface area contributed by atoms with Gasteiger partial charge in [-0.15, -0.1) is 22.0 Å². The summed E-state index contributed by atoms with van der Waals surface area (Å²) in [6.45, 7) is 6.54. The maximum Gasteiger partial charge on any atom is 0.325 e. The van der Waals surface area contributed by atoms with Gasteiger partial charge in [-0.1, -0.05) is 44.1 Å². The number of fused-ring (bicyclic) bond motifs is 1. The van der Waals surface area contributed by atoms with Crippen molar-refractivity contribution in [1.29, 1.82) is 0 Å². The van der Waals surface area contributed by atoms with Crippen LogP contribution in [0.5, 0.6) is 0 Å². The number of thioether (sulfide) groups is 2. The third-order valence-corrected chi connectivity index (χ3v) is 9.62. The number of aliphatic carboxylic acids is 1. The Morgan fingerprint density at radius 2 is 1.79 bits per heavy atom. The highest BCUT2D eigenvalue weighted by molar-refractivity contribution is 8.00. The average Bonchev–Trinajstić information content (AvgIpc) is 3.36. The van der Waals surface area contributed by atoms with Crippen molar-refractivity contribution in [2.45, 2.75) is 62.2 Å². The van der Waals surface area contributed by atoms with Crippen molar-refractivity contribution in [1.82, 2.24) is 29.6 Å². The summed E-state index contributed by atoms with van der Waals surface area (Å²) >= 11 is 9.46. The Morgan fingerprint density at radius 3 is 2.30 bits per heavy atom. The SMILES string of the molecule is COC(=O)CSc1cc(N=c2sc(=O)n3n2CCCC3)c(F)cc1Cl.CSc1nnc(C(C)(C)C)c(=O)n1N.C[S+](C)C.O=C(O)CNCP(=O)([O-])O. The van der Waals surface area contributed by atoms with E-state index in [1.807, 2.05) is 26.1 Å². The van der Waals surface area contributed by atoms with Gasteiger partial charge in [0, 0.05) is 23.4 Å². The molecule has 1 aliphatic heterocycles. The molecule has 0 bridgehead atoms. The van der Waals surface area contributed by atoms with Crippen LogP contribution >= 0.6 is 54.1 Å². The summed E-state index contributed by atoms with van der Waals surface area (Å²) < 4.78 is 33.2. The molecule has 0 saturated carbocycles. The van der Waals surface area contributed by atoms with E-state index in [1.54, 1.807) is 15.6 Å². The smallest absolute Gasteiger partial charge is 0.325 e. The van der Waals surface area contributed by atoms with Crippen molar-refractivity contribution in [2.75, 3.05) is 56.6 Å². The molecule has 0 saturated heterocycles. The summed E-state index contributed by atoms with van der Waals surface area (Å²) in [5, 5.41) is 18.4. The minimum absolute atomic E-state index is 0.0605. The van der Waals surface area contributed by atoms with Gasteiger partial charge in [0.2, 0.25) is 9.96 Å². The molecule has 5 N–H and O–H groups in total. The predicted molar refractivity (Wildman–Crippen MR) is 208 cm³/mol. The van der Waals surface area contributed by atoms with Gasteiger partial charge in [0.15, 0.2) is 0 Å². The van der Waals surface area contributed by atoms with Crippen LogP contribution < -0.4 is 31.3 Å². The van der Waals surface area contributed by atoms with Gasteiger partial charge in [0.05, 0.1) is 49.5 Å². The van der Waals surface area contributed by atoms with Crippen LogP contribution in [0.1, 0.15) is 39.3 Å². The number of esters is 1. The first-order chi connectivity index (χ1) is 24.5. The number of hydrogen-bond donors (Lipinski definition) is 4. The summed E-state index contributed by atoms with van der Waals surface area (Å²) in [6.07, 6.45) is 9.56. The Bertz CT molecular complexity index is 1920. The first kappa shape index (κ1) is 48.3. The lowest BCUT2D eigenvalue weighted by atomic mass is 9.93. The molecule has 3 aromatic rings. The van der Waals surface area contributed by atoms with E-state index in [-0.39, 0.29) is 32.3 Å². The molecule has 24 heteroatoms. The van der Waals surface area contributed by atoms with E-state index in [9.17, 15) is 33.0 Å². The fourth-order valence-corrected chi connectivity index (χ4v) is 6.51. The Morgan fingerprint density at radius 1 is 1.21 bits per heavy atom. The minimum Gasteiger partial charge on any atom is -0.778 e. The number of methoxy groups -OCH3 is 1. The first-order valence-corrected chi connectivity index (χ1v) is 22.9. The van der Waals surface area contributed by atoms with E-state index in [2.05, 4.69) is 38.7 Å². The van der Waals surface area contributed by atoms with Crippen molar-refractivity contribution < 1.29 is 38.2 Å². The van der Waals surface area contributed by atoms with Crippen LogP contribution in [-0.4, -0.2) is 96.9 Å². The molecule has 2 aromatic heterocycles. The zero-order valence-corrected chi connectivity index (χ0v) is 35.4. The van der Waals surface area contributed by atoms with Gasteiger partial charge in [-0.3, -0.25) is 29.2 Å². The van der Waals surface area contributed by atoms with Crippen molar-refractivity contribution in [3.63, 3.8) is 0 Å². The summed E-state index contributed by atoms with van der Waals surface area (Å²) in [4.78, 5) is 68.0. The Hall–Kier alpha value is -2.69. The number of rotatable bonds is 9. The van der Waals surface area contributed by atoms with Crippen LogP contribution in [0.2, 0.25) is 5.02 Å². The second-order valence-corrected chi connectivity index (χ2v) is 19.3. The summed E-state index contributed by atoms with van der Waals surface area (Å²) in [5.41, 5.74) is -0.142. The summed E-state index contributed by atoms with van der Waals surface area (Å²) in [5.74, 6) is 3.48. The quantitative estimate of drug-likeness (QED) is 0.0788. The topological polar surface area (TPSA) is 249 Å². The molecule has 4 rings (SSSR count). The largest absolute Gasteiger partial charge is 0.778 e. The molecule has 53 heavy (non-hydrogen) atoms. The van der Waals surface area contributed by atoms with Gasteiger partial charge in [0.25, 0.3) is 5.56 Å². The van der Waals surface area contributed by atoms with Crippen molar-refractivity contribution in [3.05, 3.63) is 53.5 Å². The lowest BCUT2D eigenvalue weighted by Crippen LogP contribution is -2.37. The average molecular weight is 863 g/mol. The molecular formula is C29H45ClFN8O9PS4.